The number of rotatable bonds is 12. The van der Waals surface area contributed by atoms with Crippen LogP contribution in [0.2, 0.25) is 0 Å². The van der Waals surface area contributed by atoms with E-state index in [1.165, 1.54) is 12.1 Å². The highest BCUT2D eigenvalue weighted by atomic mass is 35.5. The van der Waals surface area contributed by atoms with Crippen LogP contribution in [0.1, 0.15) is 37.9 Å². The average Bonchev–Trinajstić information content (AvgIpc) is 3.70. The molecule has 1 fully saturated rings. The summed E-state index contributed by atoms with van der Waals surface area (Å²) in [4.78, 5) is 13.6. The topological polar surface area (TPSA) is 44.8 Å². The third-order valence-corrected chi connectivity index (χ3v) is 6.91. The summed E-state index contributed by atoms with van der Waals surface area (Å²) in [6, 6.07) is 13.5. The van der Waals surface area contributed by atoms with E-state index in [4.69, 9.17) is 32.7 Å². The van der Waals surface area contributed by atoms with Crippen LogP contribution in [0.4, 0.5) is 13.6 Å². The van der Waals surface area contributed by atoms with Crippen molar-refractivity contribution in [1.82, 2.24) is 0 Å². The van der Waals surface area contributed by atoms with E-state index in [9.17, 15) is 13.6 Å². The number of benzene rings is 2. The predicted molar refractivity (Wildman–Crippen MR) is 140 cm³/mol. The number of allylic oxidation sites excluding steroid dienone is 4. The molecule has 0 heterocycles. The Morgan fingerprint density at radius 2 is 1.89 bits per heavy atom. The fourth-order valence-electron chi connectivity index (χ4n) is 3.27. The van der Waals surface area contributed by atoms with E-state index in [0.717, 1.165) is 24.6 Å². The standard InChI is InChI=1S/C27H26Cl2F2O4S/c1-3-21(28)20(22(29)4-2)15-24(35-27(32)36-19-8-6-5-7-9-19)18-12-13-23(34-26(30)31)25(14-18)33-16-17-10-11-17/h3-9,12-14,17,24,26H,1,10-11,15-16H2,2H3/b21-20+,22-4+/t24-/m0/s1. The maximum Gasteiger partial charge on any atom is 0.387 e. The highest BCUT2D eigenvalue weighted by Crippen LogP contribution is 2.40. The van der Waals surface area contributed by atoms with E-state index in [1.807, 2.05) is 18.2 Å². The highest BCUT2D eigenvalue weighted by molar-refractivity contribution is 8.13. The number of hydrogen-bond donors (Lipinski definition) is 0. The number of thioether (sulfide) groups is 1. The second-order valence-electron chi connectivity index (χ2n) is 7.98. The summed E-state index contributed by atoms with van der Waals surface area (Å²) in [5.41, 5.74) is 1.03. The quantitative estimate of drug-likeness (QED) is 0.148. The zero-order valence-corrected chi connectivity index (χ0v) is 21.9. The summed E-state index contributed by atoms with van der Waals surface area (Å²) >= 11 is 13.7. The Kier molecular flexibility index (Phi) is 10.7. The molecule has 3 rings (SSSR count). The first-order valence-electron chi connectivity index (χ1n) is 11.3. The monoisotopic (exact) mass is 554 g/mol. The lowest BCUT2D eigenvalue weighted by molar-refractivity contribution is -0.0515. The second-order valence-corrected chi connectivity index (χ2v) is 9.81. The number of halogens is 4. The van der Waals surface area contributed by atoms with Crippen LogP contribution in [0.15, 0.2) is 87.8 Å². The van der Waals surface area contributed by atoms with Gasteiger partial charge in [0.25, 0.3) is 0 Å². The van der Waals surface area contributed by atoms with E-state index < -0.39 is 18.0 Å². The molecule has 0 aliphatic heterocycles. The van der Waals surface area contributed by atoms with Gasteiger partial charge in [0.1, 0.15) is 6.10 Å². The van der Waals surface area contributed by atoms with Crippen LogP contribution in [0.3, 0.4) is 0 Å². The molecule has 0 bridgehead atoms. The van der Waals surface area contributed by atoms with Gasteiger partial charge in [0.2, 0.25) is 0 Å². The number of ether oxygens (including phenoxy) is 3. The zero-order valence-electron chi connectivity index (χ0n) is 19.6. The third-order valence-electron chi connectivity index (χ3n) is 5.31. The lowest BCUT2D eigenvalue weighted by atomic mass is 9.99. The number of carbonyl (C=O) groups excluding carboxylic acids is 1. The molecule has 2 aromatic rings. The van der Waals surface area contributed by atoms with Crippen molar-refractivity contribution in [2.24, 2.45) is 5.92 Å². The van der Waals surface area contributed by atoms with Gasteiger partial charge in [-0.05, 0) is 72.8 Å². The molecule has 192 valence electrons. The number of alkyl halides is 2. The zero-order chi connectivity index (χ0) is 26.1. The van der Waals surface area contributed by atoms with Crippen LogP contribution in [-0.4, -0.2) is 18.5 Å². The van der Waals surface area contributed by atoms with Crippen molar-refractivity contribution in [1.29, 1.82) is 0 Å². The van der Waals surface area contributed by atoms with Gasteiger partial charge in [0.15, 0.2) is 11.5 Å². The third kappa shape index (κ3) is 8.57. The van der Waals surface area contributed by atoms with Crippen LogP contribution >= 0.6 is 35.0 Å². The average molecular weight is 555 g/mol. The molecule has 1 atom stereocenters. The van der Waals surface area contributed by atoms with Gasteiger partial charge < -0.3 is 14.2 Å². The Bertz CT molecular complexity index is 1120. The van der Waals surface area contributed by atoms with Crippen LogP contribution in [0.25, 0.3) is 0 Å². The van der Waals surface area contributed by atoms with Crippen molar-refractivity contribution in [3.63, 3.8) is 0 Å². The first kappa shape index (κ1) is 28.1. The van der Waals surface area contributed by atoms with Gasteiger partial charge in [-0.15, -0.1) is 0 Å². The number of hydrogen-bond acceptors (Lipinski definition) is 5. The fourth-order valence-corrected chi connectivity index (χ4v) is 4.32. The molecule has 36 heavy (non-hydrogen) atoms. The van der Waals surface area contributed by atoms with Gasteiger partial charge in [0.05, 0.1) is 6.61 Å². The minimum absolute atomic E-state index is 0.0930. The minimum atomic E-state index is -3.01. The highest BCUT2D eigenvalue weighted by Gasteiger charge is 2.26. The summed E-state index contributed by atoms with van der Waals surface area (Å²) in [5.74, 6) is 0.442. The van der Waals surface area contributed by atoms with Gasteiger partial charge in [-0.25, -0.2) is 4.79 Å². The Morgan fingerprint density at radius 1 is 1.17 bits per heavy atom. The van der Waals surface area contributed by atoms with E-state index in [0.29, 0.717) is 38.6 Å². The molecular formula is C27H26Cl2F2O4S. The normalized spacial score (nSPS) is 15.2. The van der Waals surface area contributed by atoms with E-state index in [-0.39, 0.29) is 17.9 Å². The lowest BCUT2D eigenvalue weighted by Gasteiger charge is -2.22. The molecule has 2 aromatic carbocycles. The summed E-state index contributed by atoms with van der Waals surface area (Å²) in [6.07, 6.45) is 4.44. The molecular weight excluding hydrogens is 529 g/mol. The largest absolute Gasteiger partial charge is 0.489 e. The molecule has 9 heteroatoms. The molecule has 4 nitrogen and oxygen atoms in total. The van der Waals surface area contributed by atoms with E-state index in [2.05, 4.69) is 11.3 Å². The summed E-state index contributed by atoms with van der Waals surface area (Å²) in [7, 11) is 0. The fraction of sp³-hybridized carbons (Fsp3) is 0.296. The lowest BCUT2D eigenvalue weighted by Crippen LogP contribution is -2.11. The summed E-state index contributed by atoms with van der Waals surface area (Å²) < 4.78 is 42.2. The Hall–Kier alpha value is -2.48. The molecule has 0 N–H and O–H groups in total. The Labute approximate surface area is 223 Å². The SMILES string of the molecule is C=C/C(Cl)=C(C[C@H](OC(=O)Sc1ccccc1)c1ccc(OC(F)F)c(OCC2CC2)c1)\C(Cl)=C/C. The van der Waals surface area contributed by atoms with Crippen LogP contribution in [0.5, 0.6) is 11.5 Å². The molecule has 0 aromatic heterocycles. The Balaban J connectivity index is 1.95. The molecule has 1 saturated carbocycles. The molecule has 1 aliphatic rings. The molecule has 0 radical (unpaired) electrons. The van der Waals surface area contributed by atoms with Crippen molar-refractivity contribution >= 4 is 40.3 Å². The smallest absolute Gasteiger partial charge is 0.387 e. The van der Waals surface area contributed by atoms with E-state index in [1.54, 1.807) is 37.3 Å². The molecule has 0 amide bonds. The maximum absolute atomic E-state index is 13.0. The minimum Gasteiger partial charge on any atom is -0.489 e. The summed E-state index contributed by atoms with van der Waals surface area (Å²) in [6.45, 7) is 2.83. The van der Waals surface area contributed by atoms with Crippen molar-refractivity contribution < 1.29 is 27.8 Å². The van der Waals surface area contributed by atoms with Gasteiger partial charge in [-0.2, -0.15) is 8.78 Å². The van der Waals surface area contributed by atoms with Crippen molar-refractivity contribution in [3.8, 4) is 11.5 Å². The van der Waals surface area contributed by atoms with Crippen molar-refractivity contribution in [2.75, 3.05) is 6.61 Å². The molecule has 1 aliphatic carbocycles. The molecule has 0 spiro atoms. The second kappa shape index (κ2) is 13.7. The van der Waals surface area contributed by atoms with Crippen molar-refractivity contribution in [3.05, 3.63) is 88.5 Å². The van der Waals surface area contributed by atoms with Gasteiger partial charge in [0, 0.05) is 21.4 Å². The van der Waals surface area contributed by atoms with Crippen LogP contribution in [0, 0.1) is 5.92 Å². The predicted octanol–water partition coefficient (Wildman–Crippen LogP) is 9.26. The first-order valence-corrected chi connectivity index (χ1v) is 12.9. The molecule has 0 saturated heterocycles. The maximum atomic E-state index is 13.0. The van der Waals surface area contributed by atoms with Crippen molar-refractivity contribution in [2.45, 2.75) is 43.8 Å². The number of carbonyl (C=O) groups is 1. The van der Waals surface area contributed by atoms with Crippen LogP contribution in [-0.2, 0) is 4.74 Å². The first-order chi connectivity index (χ1) is 17.3. The Morgan fingerprint density at radius 3 is 2.50 bits per heavy atom. The van der Waals surface area contributed by atoms with Gasteiger partial charge in [-0.3, -0.25) is 0 Å². The van der Waals surface area contributed by atoms with E-state index >= 15 is 0 Å². The van der Waals surface area contributed by atoms with Crippen LogP contribution < -0.4 is 9.47 Å². The summed E-state index contributed by atoms with van der Waals surface area (Å²) in [5, 5.41) is 0.127. The van der Waals surface area contributed by atoms with Gasteiger partial charge in [-0.1, -0.05) is 66.2 Å². The molecule has 0 unspecified atom stereocenters. The van der Waals surface area contributed by atoms with Gasteiger partial charge >= 0.3 is 11.9 Å².